The number of halogens is 4. The molecule has 0 amide bonds. The van der Waals surface area contributed by atoms with E-state index >= 15 is 0 Å². The Labute approximate surface area is 122 Å². The Morgan fingerprint density at radius 2 is 1.59 bits per heavy atom. The molecular formula is C17H8F4O. The summed E-state index contributed by atoms with van der Waals surface area (Å²) in [7, 11) is 0. The molecular weight excluding hydrogens is 296 g/mol. The van der Waals surface area contributed by atoms with Crippen molar-refractivity contribution in [2.75, 3.05) is 0 Å². The fourth-order valence-corrected chi connectivity index (χ4v) is 3.34. The van der Waals surface area contributed by atoms with E-state index in [0.29, 0.717) is 11.1 Å². The Kier molecular flexibility index (Phi) is 2.58. The first-order valence-corrected chi connectivity index (χ1v) is 6.70. The highest BCUT2D eigenvalue weighted by Crippen LogP contribution is 2.47. The summed E-state index contributed by atoms with van der Waals surface area (Å²) in [6.07, 6.45) is 1.33. The van der Waals surface area contributed by atoms with E-state index in [1.807, 2.05) is 0 Å². The average molecular weight is 304 g/mol. The van der Waals surface area contributed by atoms with Crippen LogP contribution in [-0.4, -0.2) is 5.78 Å². The highest BCUT2D eigenvalue weighted by molar-refractivity contribution is 6.15. The van der Waals surface area contributed by atoms with Gasteiger partial charge in [-0.05, 0) is 12.0 Å². The largest absolute Gasteiger partial charge is 0.289 e. The Morgan fingerprint density at radius 3 is 2.36 bits per heavy atom. The highest BCUT2D eigenvalue weighted by Gasteiger charge is 2.42. The van der Waals surface area contributed by atoms with Crippen LogP contribution in [0.15, 0.2) is 35.9 Å². The van der Waals surface area contributed by atoms with Gasteiger partial charge in [0.1, 0.15) is 0 Å². The van der Waals surface area contributed by atoms with Gasteiger partial charge in [0.15, 0.2) is 29.1 Å². The zero-order valence-corrected chi connectivity index (χ0v) is 11.1. The van der Waals surface area contributed by atoms with E-state index in [-0.39, 0.29) is 28.9 Å². The second-order valence-electron chi connectivity index (χ2n) is 5.36. The lowest BCUT2D eigenvalue weighted by atomic mass is 9.80. The predicted molar refractivity (Wildman–Crippen MR) is 70.7 cm³/mol. The summed E-state index contributed by atoms with van der Waals surface area (Å²) >= 11 is 0. The molecule has 4 rings (SSSR count). The van der Waals surface area contributed by atoms with Crippen molar-refractivity contribution in [2.45, 2.75) is 12.3 Å². The van der Waals surface area contributed by atoms with Crippen molar-refractivity contribution in [1.29, 1.82) is 0 Å². The lowest BCUT2D eigenvalue weighted by Crippen LogP contribution is -2.17. The molecule has 0 saturated heterocycles. The van der Waals surface area contributed by atoms with Crippen LogP contribution in [0.4, 0.5) is 17.6 Å². The summed E-state index contributed by atoms with van der Waals surface area (Å²) in [4.78, 5) is 12.3. The first-order valence-electron chi connectivity index (χ1n) is 6.70. The average Bonchev–Trinajstić information content (AvgIpc) is 2.84. The van der Waals surface area contributed by atoms with E-state index in [4.69, 9.17) is 0 Å². The SMILES string of the molecule is O=C1C2=CCc3c(F)c(F)c(F)c(F)c3C2c2ccccc21. The molecule has 0 spiro atoms. The van der Waals surface area contributed by atoms with Crippen LogP contribution in [0.25, 0.3) is 0 Å². The van der Waals surface area contributed by atoms with Gasteiger partial charge < -0.3 is 0 Å². The van der Waals surface area contributed by atoms with Crippen LogP contribution in [0.3, 0.4) is 0 Å². The maximum Gasteiger partial charge on any atom is 0.197 e. The molecule has 2 aliphatic carbocycles. The molecule has 1 nitrogen and oxygen atoms in total. The Balaban J connectivity index is 2.08. The molecule has 1 unspecified atom stereocenters. The van der Waals surface area contributed by atoms with Gasteiger partial charge in [-0.3, -0.25) is 4.79 Å². The molecule has 0 fully saturated rings. The van der Waals surface area contributed by atoms with Crippen LogP contribution in [0.2, 0.25) is 0 Å². The summed E-state index contributed by atoms with van der Waals surface area (Å²) < 4.78 is 55.3. The summed E-state index contributed by atoms with van der Waals surface area (Å²) in [5.74, 6) is -7.62. The van der Waals surface area contributed by atoms with Gasteiger partial charge in [0.2, 0.25) is 0 Å². The van der Waals surface area contributed by atoms with E-state index in [2.05, 4.69) is 0 Å². The molecule has 0 bridgehead atoms. The molecule has 0 radical (unpaired) electrons. The zero-order valence-electron chi connectivity index (χ0n) is 11.1. The second kappa shape index (κ2) is 4.29. The van der Waals surface area contributed by atoms with Gasteiger partial charge in [-0.2, -0.15) is 0 Å². The minimum atomic E-state index is -1.84. The van der Waals surface area contributed by atoms with Crippen LogP contribution in [0.1, 0.15) is 33.0 Å². The normalized spacial score (nSPS) is 18.6. The number of rotatable bonds is 0. The smallest absolute Gasteiger partial charge is 0.197 e. The number of ketones is 1. The minimum Gasteiger partial charge on any atom is -0.289 e. The topological polar surface area (TPSA) is 17.1 Å². The van der Waals surface area contributed by atoms with Crippen LogP contribution in [-0.2, 0) is 6.42 Å². The molecule has 22 heavy (non-hydrogen) atoms. The van der Waals surface area contributed by atoms with E-state index in [0.717, 1.165) is 0 Å². The van der Waals surface area contributed by atoms with Gasteiger partial charge in [0, 0.05) is 28.2 Å². The summed E-state index contributed by atoms with van der Waals surface area (Å²) in [5.41, 5.74) is 0.667. The fourth-order valence-electron chi connectivity index (χ4n) is 3.34. The van der Waals surface area contributed by atoms with Crippen molar-refractivity contribution in [1.82, 2.24) is 0 Å². The number of carbonyl (C=O) groups is 1. The van der Waals surface area contributed by atoms with E-state index in [9.17, 15) is 22.4 Å². The molecule has 0 aliphatic heterocycles. The van der Waals surface area contributed by atoms with Gasteiger partial charge in [0.25, 0.3) is 0 Å². The summed E-state index contributed by atoms with van der Waals surface area (Å²) in [6, 6.07) is 6.53. The Hall–Kier alpha value is -2.43. The molecule has 1 atom stereocenters. The molecule has 110 valence electrons. The molecule has 0 heterocycles. The molecule has 2 aromatic rings. The zero-order chi connectivity index (χ0) is 15.6. The molecule has 5 heteroatoms. The maximum absolute atomic E-state index is 14.3. The number of benzene rings is 2. The van der Waals surface area contributed by atoms with Crippen molar-refractivity contribution in [2.24, 2.45) is 0 Å². The Bertz CT molecular complexity index is 883. The monoisotopic (exact) mass is 304 g/mol. The second-order valence-corrected chi connectivity index (χ2v) is 5.36. The first kappa shape index (κ1) is 13.2. The fraction of sp³-hybridized carbons (Fsp3) is 0.118. The van der Waals surface area contributed by atoms with E-state index in [1.54, 1.807) is 24.3 Å². The molecule has 2 aromatic carbocycles. The van der Waals surface area contributed by atoms with E-state index < -0.39 is 29.2 Å². The third kappa shape index (κ3) is 1.46. The standard InChI is InChI=1S/C17H8F4O/c18-13-9-5-6-10-11(12(9)14(19)16(21)15(13)20)7-3-1-2-4-8(7)17(10)22/h1-4,6,11H,5H2. The predicted octanol–water partition coefficient (Wildman–Crippen LogP) is 4.05. The van der Waals surface area contributed by atoms with Crippen molar-refractivity contribution < 1.29 is 22.4 Å². The molecule has 0 N–H and O–H groups in total. The molecule has 0 aromatic heterocycles. The van der Waals surface area contributed by atoms with Gasteiger partial charge in [-0.25, -0.2) is 17.6 Å². The molecule has 0 saturated carbocycles. The minimum absolute atomic E-state index is 0.138. The van der Waals surface area contributed by atoms with Crippen molar-refractivity contribution >= 4 is 5.78 Å². The number of carbonyl (C=O) groups excluding carboxylic acids is 1. The first-order chi connectivity index (χ1) is 10.5. The van der Waals surface area contributed by atoms with Crippen molar-refractivity contribution in [3.8, 4) is 0 Å². The number of fused-ring (bicyclic) bond motifs is 5. The number of hydrogen-bond donors (Lipinski definition) is 0. The lowest BCUT2D eigenvalue weighted by molar-refractivity contribution is 0.103. The number of allylic oxidation sites excluding steroid dienone is 2. The van der Waals surface area contributed by atoms with E-state index in [1.165, 1.54) is 6.08 Å². The van der Waals surface area contributed by atoms with Crippen LogP contribution in [0, 0.1) is 23.3 Å². The van der Waals surface area contributed by atoms with Gasteiger partial charge in [-0.1, -0.05) is 30.3 Å². The summed E-state index contributed by atoms with van der Waals surface area (Å²) in [6.45, 7) is 0. The van der Waals surface area contributed by atoms with Gasteiger partial charge >= 0.3 is 0 Å². The lowest BCUT2D eigenvalue weighted by Gasteiger charge is -2.23. The van der Waals surface area contributed by atoms with Gasteiger partial charge in [-0.15, -0.1) is 0 Å². The number of Topliss-reactive ketones (excluding diaryl/α,β-unsaturated/α-hetero) is 1. The van der Waals surface area contributed by atoms with Crippen molar-refractivity contribution in [3.05, 3.63) is 81.4 Å². The van der Waals surface area contributed by atoms with Crippen LogP contribution in [0.5, 0.6) is 0 Å². The molecule has 2 aliphatic rings. The van der Waals surface area contributed by atoms with Crippen molar-refractivity contribution in [3.63, 3.8) is 0 Å². The summed E-state index contributed by atoms with van der Waals surface area (Å²) in [5, 5.41) is 0. The van der Waals surface area contributed by atoms with Gasteiger partial charge in [0.05, 0.1) is 0 Å². The quantitative estimate of drug-likeness (QED) is 0.407. The maximum atomic E-state index is 14.3. The third-order valence-electron chi connectivity index (χ3n) is 4.31. The highest BCUT2D eigenvalue weighted by atomic mass is 19.2. The third-order valence-corrected chi connectivity index (χ3v) is 4.31. The van der Waals surface area contributed by atoms with Crippen LogP contribution < -0.4 is 0 Å². The Morgan fingerprint density at radius 1 is 0.909 bits per heavy atom. The number of hydrogen-bond acceptors (Lipinski definition) is 1. The van der Waals surface area contributed by atoms with Crippen LogP contribution >= 0.6 is 0 Å².